The minimum atomic E-state index is -0.683. The molecule has 0 aliphatic heterocycles. The third-order valence-electron chi connectivity index (χ3n) is 3.99. The highest BCUT2D eigenvalue weighted by atomic mass is 19.1. The summed E-state index contributed by atoms with van der Waals surface area (Å²) in [5, 5.41) is 15.3. The summed E-state index contributed by atoms with van der Waals surface area (Å²) in [5.74, 6) is -0.757. The second-order valence-electron chi connectivity index (χ2n) is 6.05. The van der Waals surface area contributed by atoms with Crippen LogP contribution in [0.3, 0.4) is 0 Å². The molecule has 0 aliphatic carbocycles. The first-order valence-corrected chi connectivity index (χ1v) is 8.14. The molecule has 0 fully saturated rings. The number of nitriles is 1. The lowest BCUT2D eigenvalue weighted by Gasteiger charge is -2.13. The van der Waals surface area contributed by atoms with Crippen molar-refractivity contribution in [3.05, 3.63) is 86.4 Å². The largest absolute Gasteiger partial charge is 0.453 e. The number of anilines is 1. The van der Waals surface area contributed by atoms with E-state index in [4.69, 9.17) is 22.3 Å². The van der Waals surface area contributed by atoms with Gasteiger partial charge in [0.15, 0.2) is 17.3 Å². The normalized spacial score (nSPS) is 10.1. The Bertz CT molecular complexity index is 1170. The Kier molecular flexibility index (Phi) is 5.05. The molecular formula is C20H14FN5O2. The Hall–Kier alpha value is -4.17. The van der Waals surface area contributed by atoms with Crippen molar-refractivity contribution in [3.8, 4) is 17.6 Å². The highest BCUT2D eigenvalue weighted by Gasteiger charge is 2.16. The van der Waals surface area contributed by atoms with Gasteiger partial charge < -0.3 is 10.5 Å². The fourth-order valence-electron chi connectivity index (χ4n) is 2.59. The van der Waals surface area contributed by atoms with Crippen LogP contribution in [0.25, 0.3) is 4.85 Å². The monoisotopic (exact) mass is 375 g/mol. The van der Waals surface area contributed by atoms with Gasteiger partial charge in [-0.15, -0.1) is 0 Å². The van der Waals surface area contributed by atoms with Gasteiger partial charge in [0, 0.05) is 17.5 Å². The molecule has 2 aromatic carbocycles. The van der Waals surface area contributed by atoms with Gasteiger partial charge in [0.05, 0.1) is 24.0 Å². The summed E-state index contributed by atoms with van der Waals surface area (Å²) < 4.78 is 20.6. The number of benzene rings is 2. The molecular weight excluding hydrogens is 361 g/mol. The second-order valence-corrected chi connectivity index (χ2v) is 6.05. The number of hydrogen-bond donors (Lipinski definition) is 2. The maximum absolute atomic E-state index is 15.0. The first kappa shape index (κ1) is 18.6. The summed E-state index contributed by atoms with van der Waals surface area (Å²) in [6, 6.07) is 10.7. The standard InChI is InChI=1S/C20H14FN5O2/c1-11-5-15(25-26-20(11)27)8-13-3-4-17(23)19(18(13)21)28-16-7-12(10-22)6-14(9-16)24-2/h3-7,9H,8,23H2,1H3,(H,26,27). The molecule has 0 amide bonds. The summed E-state index contributed by atoms with van der Waals surface area (Å²) in [4.78, 5) is 14.7. The number of nitrogen functional groups attached to an aromatic ring is 1. The van der Waals surface area contributed by atoms with E-state index in [1.807, 2.05) is 6.07 Å². The molecule has 0 unspecified atom stereocenters. The molecule has 3 aromatic rings. The van der Waals surface area contributed by atoms with Gasteiger partial charge in [-0.3, -0.25) is 4.79 Å². The van der Waals surface area contributed by atoms with Gasteiger partial charge in [-0.05, 0) is 42.8 Å². The van der Waals surface area contributed by atoms with E-state index in [0.29, 0.717) is 11.3 Å². The fourth-order valence-corrected chi connectivity index (χ4v) is 2.59. The average Bonchev–Trinajstić information content (AvgIpc) is 2.69. The molecule has 0 radical (unpaired) electrons. The van der Waals surface area contributed by atoms with Gasteiger partial charge in [-0.2, -0.15) is 10.4 Å². The lowest BCUT2D eigenvalue weighted by Crippen LogP contribution is -2.13. The van der Waals surface area contributed by atoms with Crippen molar-refractivity contribution < 1.29 is 9.13 Å². The molecule has 0 atom stereocenters. The van der Waals surface area contributed by atoms with Crippen molar-refractivity contribution in [2.45, 2.75) is 13.3 Å². The van der Waals surface area contributed by atoms with Crippen LogP contribution in [0.1, 0.15) is 22.4 Å². The number of nitrogens with two attached hydrogens (primary N) is 1. The zero-order valence-electron chi connectivity index (χ0n) is 14.8. The number of rotatable bonds is 4. The molecule has 3 N–H and O–H groups in total. The number of ether oxygens (including phenoxy) is 1. The van der Waals surface area contributed by atoms with Gasteiger partial charge >= 0.3 is 0 Å². The Morgan fingerprint density at radius 3 is 2.82 bits per heavy atom. The van der Waals surface area contributed by atoms with Gasteiger partial charge in [0.1, 0.15) is 5.75 Å². The second kappa shape index (κ2) is 7.60. The van der Waals surface area contributed by atoms with Crippen molar-refractivity contribution in [2.24, 2.45) is 0 Å². The maximum atomic E-state index is 15.0. The summed E-state index contributed by atoms with van der Waals surface area (Å²) in [6.07, 6.45) is 0.117. The molecule has 28 heavy (non-hydrogen) atoms. The predicted molar refractivity (Wildman–Crippen MR) is 101 cm³/mol. The molecule has 3 rings (SSSR count). The first-order chi connectivity index (χ1) is 13.4. The van der Waals surface area contributed by atoms with E-state index in [1.165, 1.54) is 30.3 Å². The Morgan fingerprint density at radius 2 is 2.14 bits per heavy atom. The minimum absolute atomic E-state index is 0.0681. The number of aromatic amines is 1. The van der Waals surface area contributed by atoms with Gasteiger partial charge in [-0.1, -0.05) is 6.07 Å². The number of hydrogen-bond acceptors (Lipinski definition) is 5. The van der Waals surface area contributed by atoms with E-state index in [0.717, 1.165) is 0 Å². The number of nitrogens with zero attached hydrogens (tertiary/aromatic N) is 3. The predicted octanol–water partition coefficient (Wildman–Crippen LogP) is 3.61. The molecule has 0 bridgehead atoms. The Balaban J connectivity index is 1.98. The van der Waals surface area contributed by atoms with Crippen molar-refractivity contribution >= 4 is 11.4 Å². The summed E-state index contributed by atoms with van der Waals surface area (Å²) in [5.41, 5.74) is 7.25. The van der Waals surface area contributed by atoms with Crippen LogP contribution < -0.4 is 16.0 Å². The van der Waals surface area contributed by atoms with Crippen LogP contribution in [0, 0.1) is 30.6 Å². The van der Waals surface area contributed by atoms with Gasteiger partial charge in [0.25, 0.3) is 5.56 Å². The Morgan fingerprint density at radius 1 is 1.36 bits per heavy atom. The number of H-pyrrole nitrogens is 1. The molecule has 138 valence electrons. The lowest BCUT2D eigenvalue weighted by molar-refractivity contribution is 0.441. The van der Waals surface area contributed by atoms with Crippen LogP contribution in [0.15, 0.2) is 41.2 Å². The van der Waals surface area contributed by atoms with E-state index < -0.39 is 5.82 Å². The van der Waals surface area contributed by atoms with E-state index in [1.54, 1.807) is 13.0 Å². The van der Waals surface area contributed by atoms with Crippen LogP contribution in [-0.2, 0) is 6.42 Å². The van der Waals surface area contributed by atoms with Crippen molar-refractivity contribution in [3.63, 3.8) is 0 Å². The number of aromatic nitrogens is 2. The molecule has 1 aromatic heterocycles. The zero-order valence-corrected chi connectivity index (χ0v) is 14.8. The number of halogens is 1. The molecule has 0 saturated carbocycles. The maximum Gasteiger partial charge on any atom is 0.267 e. The number of nitrogens with one attached hydrogen (secondary N) is 1. The van der Waals surface area contributed by atoms with Crippen LogP contribution in [0.4, 0.5) is 15.8 Å². The summed E-state index contributed by atoms with van der Waals surface area (Å²) in [7, 11) is 0. The molecule has 0 spiro atoms. The van der Waals surface area contributed by atoms with Crippen molar-refractivity contribution in [1.29, 1.82) is 5.26 Å². The van der Waals surface area contributed by atoms with E-state index in [2.05, 4.69) is 15.0 Å². The molecule has 0 saturated heterocycles. The number of aryl methyl sites for hydroxylation is 1. The zero-order chi connectivity index (χ0) is 20.3. The molecule has 0 aliphatic rings. The minimum Gasteiger partial charge on any atom is -0.453 e. The quantitative estimate of drug-likeness (QED) is 0.535. The van der Waals surface area contributed by atoms with E-state index in [-0.39, 0.29) is 46.0 Å². The van der Waals surface area contributed by atoms with Crippen LogP contribution in [-0.4, -0.2) is 10.2 Å². The molecule has 7 nitrogen and oxygen atoms in total. The average molecular weight is 375 g/mol. The van der Waals surface area contributed by atoms with E-state index >= 15 is 4.39 Å². The van der Waals surface area contributed by atoms with Gasteiger partial charge in [-0.25, -0.2) is 14.3 Å². The van der Waals surface area contributed by atoms with Crippen LogP contribution >= 0.6 is 0 Å². The topological polar surface area (TPSA) is 109 Å². The third kappa shape index (κ3) is 3.81. The highest BCUT2D eigenvalue weighted by molar-refractivity contribution is 5.60. The smallest absolute Gasteiger partial charge is 0.267 e. The fraction of sp³-hybridized carbons (Fsp3) is 0.100. The van der Waals surface area contributed by atoms with Gasteiger partial charge in [0.2, 0.25) is 0 Å². The summed E-state index contributed by atoms with van der Waals surface area (Å²) in [6.45, 7) is 8.73. The third-order valence-corrected chi connectivity index (χ3v) is 3.99. The highest BCUT2D eigenvalue weighted by Crippen LogP contribution is 2.35. The van der Waals surface area contributed by atoms with Crippen molar-refractivity contribution in [2.75, 3.05) is 5.73 Å². The van der Waals surface area contributed by atoms with Crippen LogP contribution in [0.2, 0.25) is 0 Å². The van der Waals surface area contributed by atoms with Crippen molar-refractivity contribution in [1.82, 2.24) is 10.2 Å². The lowest BCUT2D eigenvalue weighted by atomic mass is 10.1. The molecule has 8 heteroatoms. The van der Waals surface area contributed by atoms with E-state index in [9.17, 15) is 4.79 Å². The molecule has 1 heterocycles. The summed E-state index contributed by atoms with van der Waals surface area (Å²) >= 11 is 0. The Labute approximate surface area is 159 Å². The van der Waals surface area contributed by atoms with Crippen LogP contribution in [0.5, 0.6) is 11.5 Å². The SMILES string of the molecule is [C-]#[N+]c1cc(C#N)cc(Oc2c(N)ccc(Cc3cc(C)c(=O)[nH]n3)c2F)c1. The first-order valence-electron chi connectivity index (χ1n) is 8.14.